The minimum absolute atomic E-state index is 0.0598. The molecule has 1 atom stereocenters. The number of hydrogen-bond acceptors (Lipinski definition) is 1. The van der Waals surface area contributed by atoms with E-state index in [9.17, 15) is 4.79 Å². The predicted molar refractivity (Wildman–Crippen MR) is 123 cm³/mol. The van der Waals surface area contributed by atoms with Gasteiger partial charge in [0.2, 0.25) is 12.3 Å². The second-order valence-corrected chi connectivity index (χ2v) is 9.79. The average molecular weight is 399 g/mol. The number of allylic oxidation sites excluding steroid dienone is 1. The van der Waals surface area contributed by atoms with E-state index in [1.165, 1.54) is 48.8 Å². The molecule has 1 heterocycles. The lowest BCUT2D eigenvalue weighted by Gasteiger charge is -2.42. The molecule has 0 aromatic heterocycles. The highest BCUT2D eigenvalue weighted by Gasteiger charge is 2.60. The molecule has 0 saturated heterocycles. The standard InChI is InChI=1S/C28H32NO/c1-27(2)26-18-17-21-11-9-10-16-24(21)28(26,23-14-7-4-8-15-23)20-29(27)19-25(30)22-12-5-3-6-13-22/h3,5-6,9-13,16,18,20,23H,4,7-8,14-15,17,19H2,1-2H3/q+1/t28-/m1/s1. The fourth-order valence-corrected chi connectivity index (χ4v) is 6.30. The molecule has 1 fully saturated rings. The van der Waals surface area contributed by atoms with Gasteiger partial charge in [0.05, 0.1) is 0 Å². The van der Waals surface area contributed by atoms with Gasteiger partial charge in [-0.05, 0) is 36.3 Å². The number of nitrogens with zero attached hydrogens (tertiary/aromatic N) is 1. The number of ketones is 1. The third kappa shape index (κ3) is 2.92. The molecule has 1 aliphatic heterocycles. The Hall–Kier alpha value is -2.48. The molecule has 0 radical (unpaired) electrons. The van der Waals surface area contributed by atoms with Crippen molar-refractivity contribution in [2.24, 2.45) is 5.92 Å². The van der Waals surface area contributed by atoms with E-state index in [-0.39, 0.29) is 16.7 Å². The van der Waals surface area contributed by atoms with Crippen LogP contribution in [0.3, 0.4) is 0 Å². The maximum absolute atomic E-state index is 13.1. The minimum atomic E-state index is -0.157. The van der Waals surface area contributed by atoms with Gasteiger partial charge < -0.3 is 0 Å². The number of Topliss-reactive ketones (excluding diaryl/α,β-unsaturated/α-hetero) is 1. The van der Waals surface area contributed by atoms with Gasteiger partial charge in [-0.2, -0.15) is 0 Å². The first-order chi connectivity index (χ1) is 14.5. The number of rotatable bonds is 4. The molecule has 0 N–H and O–H groups in total. The van der Waals surface area contributed by atoms with Crippen molar-refractivity contribution >= 4 is 12.0 Å². The molecule has 2 aromatic rings. The monoisotopic (exact) mass is 398 g/mol. The number of hydrogen-bond donors (Lipinski definition) is 0. The fourth-order valence-electron chi connectivity index (χ4n) is 6.30. The summed E-state index contributed by atoms with van der Waals surface area (Å²) in [6.45, 7) is 5.06. The van der Waals surface area contributed by atoms with E-state index in [2.05, 4.69) is 55.0 Å². The maximum atomic E-state index is 13.1. The summed E-state index contributed by atoms with van der Waals surface area (Å²) >= 11 is 0. The second kappa shape index (κ2) is 7.34. The van der Waals surface area contributed by atoms with Gasteiger partial charge in [0.15, 0.2) is 11.8 Å². The van der Waals surface area contributed by atoms with Gasteiger partial charge in [-0.25, -0.2) is 4.58 Å². The number of carbonyl (C=O) groups excluding carboxylic acids is 1. The third-order valence-electron chi connectivity index (χ3n) is 7.83. The minimum Gasteiger partial charge on any atom is -0.287 e. The van der Waals surface area contributed by atoms with Gasteiger partial charge in [-0.3, -0.25) is 4.79 Å². The molecular weight excluding hydrogens is 366 g/mol. The largest absolute Gasteiger partial charge is 0.287 e. The summed E-state index contributed by atoms with van der Waals surface area (Å²) in [6.07, 6.45) is 12.5. The van der Waals surface area contributed by atoms with Crippen molar-refractivity contribution in [2.45, 2.75) is 63.3 Å². The lowest BCUT2D eigenvalue weighted by Crippen LogP contribution is -2.44. The van der Waals surface area contributed by atoms with E-state index in [1.807, 2.05) is 30.3 Å². The van der Waals surface area contributed by atoms with Crippen LogP contribution >= 0.6 is 0 Å². The van der Waals surface area contributed by atoms with Gasteiger partial charge in [-0.15, -0.1) is 0 Å². The molecule has 0 bridgehead atoms. The zero-order valence-corrected chi connectivity index (χ0v) is 18.2. The van der Waals surface area contributed by atoms with Crippen LogP contribution in [0.15, 0.2) is 66.2 Å². The Morgan fingerprint density at radius 1 is 0.967 bits per heavy atom. The van der Waals surface area contributed by atoms with E-state index in [4.69, 9.17) is 0 Å². The number of fused-ring (bicyclic) bond motifs is 3. The molecule has 3 aliphatic rings. The summed E-state index contributed by atoms with van der Waals surface area (Å²) < 4.78 is 2.35. The highest BCUT2D eigenvalue weighted by atomic mass is 16.1. The molecule has 2 heteroatoms. The molecule has 2 aromatic carbocycles. The van der Waals surface area contributed by atoms with Crippen molar-refractivity contribution < 1.29 is 9.37 Å². The molecule has 0 unspecified atom stereocenters. The van der Waals surface area contributed by atoms with Gasteiger partial charge in [0, 0.05) is 25.0 Å². The van der Waals surface area contributed by atoms with Crippen LogP contribution in [0.5, 0.6) is 0 Å². The molecule has 0 amide bonds. The van der Waals surface area contributed by atoms with E-state index in [0.29, 0.717) is 12.5 Å². The second-order valence-electron chi connectivity index (χ2n) is 9.79. The van der Waals surface area contributed by atoms with Gasteiger partial charge in [0.25, 0.3) is 0 Å². The Bertz CT molecular complexity index is 1020. The van der Waals surface area contributed by atoms with E-state index in [0.717, 1.165) is 12.0 Å². The number of benzene rings is 2. The predicted octanol–water partition coefficient (Wildman–Crippen LogP) is 5.75. The zero-order valence-electron chi connectivity index (χ0n) is 18.2. The molecule has 154 valence electrons. The van der Waals surface area contributed by atoms with Gasteiger partial charge >= 0.3 is 0 Å². The summed E-state index contributed by atoms with van der Waals surface area (Å²) in [5.41, 5.74) is 5.04. The van der Waals surface area contributed by atoms with Crippen LogP contribution in [-0.4, -0.2) is 28.7 Å². The van der Waals surface area contributed by atoms with E-state index >= 15 is 0 Å². The molecule has 5 rings (SSSR count). The van der Waals surface area contributed by atoms with Gasteiger partial charge in [-0.1, -0.05) is 79.9 Å². The SMILES string of the molecule is CC1(C)C2=CCc3ccccc3[C@]2(C2CCCCC2)C=[N+]1CC(=O)c1ccccc1. The molecule has 1 saturated carbocycles. The summed E-state index contributed by atoms with van der Waals surface area (Å²) in [5, 5.41) is 0. The zero-order chi connectivity index (χ0) is 20.8. The molecule has 2 aliphatic carbocycles. The van der Waals surface area contributed by atoms with Crippen molar-refractivity contribution in [2.75, 3.05) is 6.54 Å². The third-order valence-corrected chi connectivity index (χ3v) is 7.83. The van der Waals surface area contributed by atoms with Crippen molar-refractivity contribution in [3.8, 4) is 0 Å². The average Bonchev–Trinajstić information content (AvgIpc) is 3.02. The van der Waals surface area contributed by atoms with E-state index in [1.54, 1.807) is 0 Å². The van der Waals surface area contributed by atoms with E-state index < -0.39 is 0 Å². The van der Waals surface area contributed by atoms with Crippen molar-refractivity contribution in [1.29, 1.82) is 0 Å². The molecule has 0 spiro atoms. The summed E-state index contributed by atoms with van der Waals surface area (Å²) in [4.78, 5) is 13.1. The van der Waals surface area contributed by atoms with Crippen LogP contribution in [0.25, 0.3) is 0 Å². The number of carbonyl (C=O) groups is 1. The summed E-state index contributed by atoms with van der Waals surface area (Å²) in [7, 11) is 0. The first kappa shape index (κ1) is 19.5. The quantitative estimate of drug-likeness (QED) is 0.365. The lowest BCUT2D eigenvalue weighted by molar-refractivity contribution is -0.568. The van der Waals surface area contributed by atoms with Gasteiger partial charge in [0.1, 0.15) is 5.41 Å². The Morgan fingerprint density at radius 3 is 2.43 bits per heavy atom. The topological polar surface area (TPSA) is 20.1 Å². The Kier molecular flexibility index (Phi) is 4.76. The molecule has 2 nitrogen and oxygen atoms in total. The fraction of sp³-hybridized carbons (Fsp3) is 0.429. The highest BCUT2D eigenvalue weighted by Crippen LogP contribution is 2.54. The van der Waals surface area contributed by atoms with Crippen molar-refractivity contribution in [1.82, 2.24) is 0 Å². The smallest absolute Gasteiger partial charge is 0.227 e. The van der Waals surface area contributed by atoms with Crippen molar-refractivity contribution in [3.63, 3.8) is 0 Å². The molecule has 30 heavy (non-hydrogen) atoms. The lowest BCUT2D eigenvalue weighted by atomic mass is 9.57. The van der Waals surface area contributed by atoms with Crippen LogP contribution in [-0.2, 0) is 11.8 Å². The van der Waals surface area contributed by atoms with Crippen LogP contribution in [0.1, 0.15) is 67.4 Å². The maximum Gasteiger partial charge on any atom is 0.227 e. The summed E-state index contributed by atoms with van der Waals surface area (Å²) in [5.74, 6) is 0.821. The molecular formula is C28H32NO+. The van der Waals surface area contributed by atoms with Crippen LogP contribution < -0.4 is 0 Å². The van der Waals surface area contributed by atoms with Crippen molar-refractivity contribution in [3.05, 3.63) is 82.9 Å². The highest BCUT2D eigenvalue weighted by molar-refractivity contribution is 5.97. The van der Waals surface area contributed by atoms with Crippen LogP contribution in [0, 0.1) is 5.92 Å². The Balaban J connectivity index is 1.63. The first-order valence-electron chi connectivity index (χ1n) is 11.5. The Labute approximate surface area is 180 Å². The van der Waals surface area contributed by atoms with Crippen LogP contribution in [0.2, 0.25) is 0 Å². The first-order valence-corrected chi connectivity index (χ1v) is 11.5. The Morgan fingerprint density at radius 2 is 1.67 bits per heavy atom. The normalized spacial score (nSPS) is 25.1. The van der Waals surface area contributed by atoms with Crippen LogP contribution in [0.4, 0.5) is 0 Å². The summed E-state index contributed by atoms with van der Waals surface area (Å²) in [6, 6.07) is 18.8.